The van der Waals surface area contributed by atoms with Crippen molar-refractivity contribution in [3.05, 3.63) is 48.4 Å². The summed E-state index contributed by atoms with van der Waals surface area (Å²) in [4.78, 5) is 9.53. The van der Waals surface area contributed by atoms with Gasteiger partial charge in [0.05, 0.1) is 0 Å². The summed E-state index contributed by atoms with van der Waals surface area (Å²) in [5, 5.41) is 4.10. The normalized spacial score (nSPS) is 10.3. The van der Waals surface area contributed by atoms with E-state index in [1.807, 2.05) is 31.4 Å². The van der Waals surface area contributed by atoms with Crippen LogP contribution in [-0.4, -0.2) is 17.0 Å². The molecule has 0 fully saturated rings. The van der Waals surface area contributed by atoms with Crippen molar-refractivity contribution in [2.75, 3.05) is 7.05 Å². The van der Waals surface area contributed by atoms with Crippen LogP contribution in [0.4, 0.5) is 0 Å². The lowest BCUT2D eigenvalue weighted by molar-refractivity contribution is 0.809. The van der Waals surface area contributed by atoms with E-state index in [-0.39, 0.29) is 0 Å². The summed E-state index contributed by atoms with van der Waals surface area (Å²) in [5.74, 6) is 0. The van der Waals surface area contributed by atoms with Crippen LogP contribution in [0.2, 0.25) is 0 Å². The fraction of sp³-hybridized carbons (Fsp3) is 0.167. The van der Waals surface area contributed by atoms with E-state index in [0.717, 1.165) is 16.5 Å². The molecule has 2 rings (SSSR count). The van der Waals surface area contributed by atoms with Crippen molar-refractivity contribution in [3.8, 4) is 0 Å². The number of rotatable bonds is 4. The van der Waals surface area contributed by atoms with Crippen LogP contribution in [0.3, 0.4) is 0 Å². The Balaban J connectivity index is 2.05. The quantitative estimate of drug-likeness (QED) is 0.876. The highest BCUT2D eigenvalue weighted by atomic mass is 32.2. The first-order valence-corrected chi connectivity index (χ1v) is 5.87. The Kier molecular flexibility index (Phi) is 3.91. The fourth-order valence-corrected chi connectivity index (χ4v) is 2.05. The summed E-state index contributed by atoms with van der Waals surface area (Å²) in [7, 11) is 1.93. The SMILES string of the molecule is CNCc1ccc(Sc2ccncc2)nc1. The summed E-state index contributed by atoms with van der Waals surface area (Å²) in [6, 6.07) is 8.09. The lowest BCUT2D eigenvalue weighted by Crippen LogP contribution is -2.04. The highest BCUT2D eigenvalue weighted by molar-refractivity contribution is 7.99. The lowest BCUT2D eigenvalue weighted by atomic mass is 10.3. The van der Waals surface area contributed by atoms with Crippen molar-refractivity contribution in [2.45, 2.75) is 16.5 Å². The molecule has 0 amide bonds. The highest BCUT2D eigenvalue weighted by Crippen LogP contribution is 2.24. The predicted octanol–water partition coefficient (Wildman–Crippen LogP) is 2.35. The molecule has 82 valence electrons. The van der Waals surface area contributed by atoms with Crippen LogP contribution in [0.25, 0.3) is 0 Å². The topological polar surface area (TPSA) is 37.8 Å². The molecule has 0 aliphatic carbocycles. The molecule has 4 heteroatoms. The maximum atomic E-state index is 4.40. The minimum Gasteiger partial charge on any atom is -0.316 e. The maximum Gasteiger partial charge on any atom is 0.101 e. The molecule has 0 saturated carbocycles. The van der Waals surface area contributed by atoms with E-state index in [2.05, 4.69) is 21.4 Å². The molecule has 0 spiro atoms. The van der Waals surface area contributed by atoms with Gasteiger partial charge in [-0.15, -0.1) is 0 Å². The van der Waals surface area contributed by atoms with E-state index < -0.39 is 0 Å². The molecule has 3 nitrogen and oxygen atoms in total. The average molecular weight is 231 g/mol. The lowest BCUT2D eigenvalue weighted by Gasteiger charge is -2.02. The first kappa shape index (κ1) is 11.1. The van der Waals surface area contributed by atoms with Gasteiger partial charge in [0.15, 0.2) is 0 Å². The first-order chi connectivity index (χ1) is 7.88. The molecule has 0 aliphatic rings. The molecule has 0 aromatic carbocycles. The van der Waals surface area contributed by atoms with Crippen molar-refractivity contribution >= 4 is 11.8 Å². The van der Waals surface area contributed by atoms with Crippen LogP contribution in [0.1, 0.15) is 5.56 Å². The van der Waals surface area contributed by atoms with E-state index >= 15 is 0 Å². The van der Waals surface area contributed by atoms with Gasteiger partial charge in [0, 0.05) is 30.0 Å². The second-order valence-corrected chi connectivity index (χ2v) is 4.41. The standard InChI is InChI=1S/C12H13N3S/c1-13-8-10-2-3-12(15-9-10)16-11-4-6-14-7-5-11/h2-7,9,13H,8H2,1H3. The Hall–Kier alpha value is -1.39. The summed E-state index contributed by atoms with van der Waals surface area (Å²) >= 11 is 1.64. The van der Waals surface area contributed by atoms with Crippen LogP contribution < -0.4 is 5.32 Å². The van der Waals surface area contributed by atoms with Gasteiger partial charge in [0.25, 0.3) is 0 Å². The van der Waals surface area contributed by atoms with Crippen molar-refractivity contribution in [2.24, 2.45) is 0 Å². The van der Waals surface area contributed by atoms with Gasteiger partial charge in [-0.1, -0.05) is 17.8 Å². The van der Waals surface area contributed by atoms with Gasteiger partial charge in [0.1, 0.15) is 5.03 Å². The molecular formula is C12H13N3S. The van der Waals surface area contributed by atoms with E-state index in [1.165, 1.54) is 5.56 Å². The molecule has 2 aromatic rings. The van der Waals surface area contributed by atoms with Gasteiger partial charge in [0.2, 0.25) is 0 Å². The van der Waals surface area contributed by atoms with Crippen LogP contribution >= 0.6 is 11.8 Å². The fourth-order valence-electron chi connectivity index (χ4n) is 1.31. The largest absolute Gasteiger partial charge is 0.316 e. The zero-order valence-corrected chi connectivity index (χ0v) is 9.87. The monoisotopic (exact) mass is 231 g/mol. The average Bonchev–Trinajstić information content (AvgIpc) is 2.33. The van der Waals surface area contributed by atoms with E-state index in [4.69, 9.17) is 0 Å². The smallest absolute Gasteiger partial charge is 0.101 e. The molecule has 16 heavy (non-hydrogen) atoms. The zero-order valence-electron chi connectivity index (χ0n) is 9.05. The van der Waals surface area contributed by atoms with Crippen LogP contribution in [0.15, 0.2) is 52.8 Å². The Morgan fingerprint density at radius 1 is 1.19 bits per heavy atom. The third-order valence-electron chi connectivity index (χ3n) is 2.05. The molecule has 0 saturated heterocycles. The molecule has 0 aliphatic heterocycles. The van der Waals surface area contributed by atoms with Crippen molar-refractivity contribution in [1.29, 1.82) is 0 Å². The number of nitrogens with one attached hydrogen (secondary N) is 1. The summed E-state index contributed by atoms with van der Waals surface area (Å²) in [6.45, 7) is 0.854. The molecule has 0 radical (unpaired) electrons. The van der Waals surface area contributed by atoms with E-state index in [9.17, 15) is 0 Å². The van der Waals surface area contributed by atoms with Gasteiger partial charge in [-0.2, -0.15) is 0 Å². The van der Waals surface area contributed by atoms with Gasteiger partial charge >= 0.3 is 0 Å². The number of aromatic nitrogens is 2. The molecule has 1 N–H and O–H groups in total. The number of hydrogen-bond acceptors (Lipinski definition) is 4. The Bertz CT molecular complexity index is 428. The Labute approximate surface area is 99.3 Å². The van der Waals surface area contributed by atoms with E-state index in [1.54, 1.807) is 24.2 Å². The molecule has 2 aromatic heterocycles. The Morgan fingerprint density at radius 3 is 2.62 bits per heavy atom. The van der Waals surface area contributed by atoms with Crippen LogP contribution in [0, 0.1) is 0 Å². The summed E-state index contributed by atoms with van der Waals surface area (Å²) < 4.78 is 0. The second kappa shape index (κ2) is 5.63. The highest BCUT2D eigenvalue weighted by Gasteiger charge is 1.98. The molecule has 0 unspecified atom stereocenters. The summed E-state index contributed by atoms with van der Waals surface area (Å²) in [6.07, 6.45) is 5.48. The first-order valence-electron chi connectivity index (χ1n) is 5.06. The number of hydrogen-bond donors (Lipinski definition) is 1. The minimum absolute atomic E-state index is 0.854. The van der Waals surface area contributed by atoms with Gasteiger partial charge < -0.3 is 5.32 Å². The van der Waals surface area contributed by atoms with Gasteiger partial charge in [-0.3, -0.25) is 4.98 Å². The second-order valence-electron chi connectivity index (χ2n) is 3.32. The van der Waals surface area contributed by atoms with Crippen molar-refractivity contribution < 1.29 is 0 Å². The third kappa shape index (κ3) is 3.05. The third-order valence-corrected chi connectivity index (χ3v) is 3.01. The molecule has 2 heterocycles. The maximum absolute atomic E-state index is 4.40. The number of pyridine rings is 2. The summed E-state index contributed by atoms with van der Waals surface area (Å²) in [5.41, 5.74) is 1.20. The molecule has 0 atom stereocenters. The van der Waals surface area contributed by atoms with Crippen molar-refractivity contribution in [1.82, 2.24) is 15.3 Å². The van der Waals surface area contributed by atoms with E-state index in [0.29, 0.717) is 0 Å². The predicted molar refractivity (Wildman–Crippen MR) is 65.4 cm³/mol. The molecule has 0 bridgehead atoms. The zero-order chi connectivity index (χ0) is 11.2. The van der Waals surface area contributed by atoms with Crippen LogP contribution in [0.5, 0.6) is 0 Å². The van der Waals surface area contributed by atoms with Crippen LogP contribution in [-0.2, 0) is 6.54 Å². The Morgan fingerprint density at radius 2 is 2.00 bits per heavy atom. The minimum atomic E-state index is 0.854. The van der Waals surface area contributed by atoms with Crippen molar-refractivity contribution in [3.63, 3.8) is 0 Å². The van der Waals surface area contributed by atoms with Gasteiger partial charge in [-0.05, 0) is 30.8 Å². The molecular weight excluding hydrogens is 218 g/mol. The number of nitrogens with zero attached hydrogens (tertiary/aromatic N) is 2. The van der Waals surface area contributed by atoms with Gasteiger partial charge in [-0.25, -0.2) is 4.98 Å².